The minimum absolute atomic E-state index is 0.0267. The fourth-order valence-electron chi connectivity index (χ4n) is 2.45. The summed E-state index contributed by atoms with van der Waals surface area (Å²) in [5.74, 6) is -0.0267. The van der Waals surface area contributed by atoms with E-state index < -0.39 is 0 Å². The number of nitrogens with one attached hydrogen (secondary N) is 3. The SMILES string of the molecule is O=C1NC(=S)NC1CC1NCc2ccccc21. The van der Waals surface area contributed by atoms with Crippen molar-refractivity contribution in [3.05, 3.63) is 35.4 Å². The molecule has 0 aliphatic carbocycles. The molecule has 2 aliphatic rings. The van der Waals surface area contributed by atoms with Crippen LogP contribution in [-0.4, -0.2) is 17.1 Å². The van der Waals surface area contributed by atoms with E-state index in [-0.39, 0.29) is 18.0 Å². The van der Waals surface area contributed by atoms with E-state index in [1.807, 2.05) is 12.1 Å². The second-order valence-electron chi connectivity index (χ2n) is 4.38. The van der Waals surface area contributed by atoms with E-state index >= 15 is 0 Å². The van der Waals surface area contributed by atoms with E-state index in [4.69, 9.17) is 12.2 Å². The van der Waals surface area contributed by atoms with Gasteiger partial charge in [-0.15, -0.1) is 0 Å². The molecule has 1 aromatic rings. The minimum Gasteiger partial charge on any atom is -0.351 e. The first-order valence-corrected chi connectivity index (χ1v) is 6.07. The zero-order valence-corrected chi connectivity index (χ0v) is 10.0. The number of carbonyl (C=O) groups is 1. The standard InChI is InChI=1S/C12H13N3OS/c16-11-10(14-12(17)15-11)5-9-8-4-2-1-3-7(8)6-13-9/h1-4,9-10,13H,5-6H2,(H2,14,15,16,17). The fraction of sp³-hybridized carbons (Fsp3) is 0.333. The van der Waals surface area contributed by atoms with Crippen molar-refractivity contribution in [3.8, 4) is 0 Å². The Morgan fingerprint density at radius 2 is 2.12 bits per heavy atom. The van der Waals surface area contributed by atoms with E-state index in [9.17, 15) is 4.79 Å². The first-order valence-electron chi connectivity index (χ1n) is 5.66. The summed E-state index contributed by atoms with van der Waals surface area (Å²) < 4.78 is 0. The smallest absolute Gasteiger partial charge is 0.248 e. The maximum Gasteiger partial charge on any atom is 0.248 e. The molecule has 3 N–H and O–H groups in total. The Morgan fingerprint density at radius 1 is 1.29 bits per heavy atom. The summed E-state index contributed by atoms with van der Waals surface area (Å²) >= 11 is 4.93. The van der Waals surface area contributed by atoms with Crippen LogP contribution >= 0.6 is 12.2 Å². The number of thiocarbonyl (C=S) groups is 1. The highest BCUT2D eigenvalue weighted by Crippen LogP contribution is 2.28. The van der Waals surface area contributed by atoms with Crippen LogP contribution in [0.4, 0.5) is 0 Å². The van der Waals surface area contributed by atoms with E-state index in [1.54, 1.807) is 0 Å². The molecular weight excluding hydrogens is 234 g/mol. The number of hydrogen-bond donors (Lipinski definition) is 3. The van der Waals surface area contributed by atoms with Gasteiger partial charge in [-0.05, 0) is 29.8 Å². The first kappa shape index (κ1) is 10.7. The van der Waals surface area contributed by atoms with Crippen molar-refractivity contribution in [2.75, 3.05) is 0 Å². The second kappa shape index (κ2) is 4.09. The first-order chi connectivity index (χ1) is 8.24. The van der Waals surface area contributed by atoms with Gasteiger partial charge in [0, 0.05) is 12.6 Å². The van der Waals surface area contributed by atoms with Gasteiger partial charge in [0.05, 0.1) is 0 Å². The third-order valence-corrected chi connectivity index (χ3v) is 3.52. The topological polar surface area (TPSA) is 53.2 Å². The third-order valence-electron chi connectivity index (χ3n) is 3.30. The molecule has 2 heterocycles. The molecule has 1 fully saturated rings. The minimum atomic E-state index is -0.217. The van der Waals surface area contributed by atoms with Crippen LogP contribution in [0.1, 0.15) is 23.6 Å². The Labute approximate surface area is 105 Å². The molecule has 0 spiro atoms. The molecule has 1 saturated heterocycles. The molecule has 2 aliphatic heterocycles. The lowest BCUT2D eigenvalue weighted by Crippen LogP contribution is -2.32. The number of amides is 1. The van der Waals surface area contributed by atoms with Crippen LogP contribution in [0, 0.1) is 0 Å². The van der Waals surface area contributed by atoms with Gasteiger partial charge in [0.25, 0.3) is 0 Å². The lowest BCUT2D eigenvalue weighted by molar-refractivity contribution is -0.120. The van der Waals surface area contributed by atoms with Crippen LogP contribution in [0.5, 0.6) is 0 Å². The molecule has 5 heteroatoms. The molecule has 0 radical (unpaired) electrons. The Bertz CT molecular complexity index is 488. The monoisotopic (exact) mass is 247 g/mol. The highest BCUT2D eigenvalue weighted by atomic mass is 32.1. The Kier molecular flexibility index (Phi) is 2.57. The largest absolute Gasteiger partial charge is 0.351 e. The number of rotatable bonds is 2. The molecule has 1 amide bonds. The summed E-state index contributed by atoms with van der Waals surface area (Å²) in [5, 5.41) is 9.47. The Morgan fingerprint density at radius 3 is 2.88 bits per heavy atom. The van der Waals surface area contributed by atoms with Gasteiger partial charge in [0.15, 0.2) is 5.11 Å². The van der Waals surface area contributed by atoms with Crippen molar-refractivity contribution in [3.63, 3.8) is 0 Å². The van der Waals surface area contributed by atoms with Crippen LogP contribution in [0.3, 0.4) is 0 Å². The van der Waals surface area contributed by atoms with Gasteiger partial charge in [-0.1, -0.05) is 24.3 Å². The summed E-state index contributed by atoms with van der Waals surface area (Å²) in [6.07, 6.45) is 0.725. The van der Waals surface area contributed by atoms with Gasteiger partial charge in [0.2, 0.25) is 5.91 Å². The molecule has 17 heavy (non-hydrogen) atoms. The van der Waals surface area contributed by atoms with E-state index in [0.717, 1.165) is 13.0 Å². The molecule has 2 atom stereocenters. The van der Waals surface area contributed by atoms with Crippen LogP contribution in [0.15, 0.2) is 24.3 Å². The van der Waals surface area contributed by atoms with Gasteiger partial charge in [0.1, 0.15) is 6.04 Å². The number of hydrogen-bond acceptors (Lipinski definition) is 3. The molecule has 4 nitrogen and oxygen atoms in total. The predicted molar refractivity (Wildman–Crippen MR) is 68.3 cm³/mol. The molecular formula is C12H13N3OS. The van der Waals surface area contributed by atoms with Gasteiger partial charge >= 0.3 is 0 Å². The molecule has 3 rings (SSSR count). The van der Waals surface area contributed by atoms with E-state index in [2.05, 4.69) is 28.1 Å². The van der Waals surface area contributed by atoms with Gasteiger partial charge in [-0.2, -0.15) is 0 Å². The number of benzene rings is 1. The molecule has 0 aromatic heterocycles. The summed E-state index contributed by atoms with van der Waals surface area (Å²) in [5.41, 5.74) is 2.61. The van der Waals surface area contributed by atoms with Crippen molar-refractivity contribution in [2.45, 2.75) is 25.0 Å². The van der Waals surface area contributed by atoms with Crippen LogP contribution < -0.4 is 16.0 Å². The molecule has 2 unspecified atom stereocenters. The van der Waals surface area contributed by atoms with Gasteiger partial charge in [-0.3, -0.25) is 4.79 Å². The van der Waals surface area contributed by atoms with Crippen molar-refractivity contribution in [1.82, 2.24) is 16.0 Å². The quantitative estimate of drug-likeness (QED) is 0.670. The van der Waals surface area contributed by atoms with Gasteiger partial charge < -0.3 is 16.0 Å². The highest BCUT2D eigenvalue weighted by Gasteiger charge is 2.32. The van der Waals surface area contributed by atoms with Crippen LogP contribution in [-0.2, 0) is 11.3 Å². The molecule has 1 aromatic carbocycles. The molecule has 88 valence electrons. The van der Waals surface area contributed by atoms with Crippen LogP contribution in [0.25, 0.3) is 0 Å². The third kappa shape index (κ3) is 1.92. The fourth-order valence-corrected chi connectivity index (χ4v) is 2.69. The maximum atomic E-state index is 11.6. The summed E-state index contributed by atoms with van der Waals surface area (Å²) in [6.45, 7) is 0.875. The lowest BCUT2D eigenvalue weighted by atomic mass is 9.99. The van der Waals surface area contributed by atoms with E-state index in [1.165, 1.54) is 11.1 Å². The molecule has 0 saturated carbocycles. The van der Waals surface area contributed by atoms with Gasteiger partial charge in [-0.25, -0.2) is 0 Å². The molecule has 0 bridgehead atoms. The predicted octanol–water partition coefficient (Wildman–Crippen LogP) is 0.594. The Hall–Kier alpha value is -1.46. The average Bonchev–Trinajstić information content (AvgIpc) is 2.85. The number of carbonyl (C=O) groups excluding carboxylic acids is 1. The van der Waals surface area contributed by atoms with Crippen molar-refractivity contribution >= 4 is 23.2 Å². The van der Waals surface area contributed by atoms with Crippen LogP contribution in [0.2, 0.25) is 0 Å². The van der Waals surface area contributed by atoms with Crippen molar-refractivity contribution < 1.29 is 4.79 Å². The second-order valence-corrected chi connectivity index (χ2v) is 4.79. The highest BCUT2D eigenvalue weighted by molar-refractivity contribution is 7.80. The Balaban J connectivity index is 1.76. The zero-order valence-electron chi connectivity index (χ0n) is 9.19. The van der Waals surface area contributed by atoms with Crippen molar-refractivity contribution in [1.29, 1.82) is 0 Å². The normalized spacial score (nSPS) is 26.6. The summed E-state index contributed by atoms with van der Waals surface area (Å²) in [7, 11) is 0. The van der Waals surface area contributed by atoms with Crippen molar-refractivity contribution in [2.24, 2.45) is 0 Å². The lowest BCUT2D eigenvalue weighted by Gasteiger charge is -2.15. The summed E-state index contributed by atoms with van der Waals surface area (Å²) in [6, 6.07) is 8.33. The van der Waals surface area contributed by atoms with E-state index in [0.29, 0.717) is 5.11 Å². The summed E-state index contributed by atoms with van der Waals surface area (Å²) in [4.78, 5) is 11.6. The zero-order chi connectivity index (χ0) is 11.8. The number of fused-ring (bicyclic) bond motifs is 1. The average molecular weight is 247 g/mol. The maximum absolute atomic E-state index is 11.6.